The summed E-state index contributed by atoms with van der Waals surface area (Å²) in [6.07, 6.45) is 5.53. The Labute approximate surface area is 201 Å². The molecule has 0 radical (unpaired) electrons. The van der Waals surface area contributed by atoms with Gasteiger partial charge >= 0.3 is 5.97 Å². The summed E-state index contributed by atoms with van der Waals surface area (Å²) in [7, 11) is 0. The van der Waals surface area contributed by atoms with Crippen molar-refractivity contribution >= 4 is 11.7 Å². The van der Waals surface area contributed by atoms with Crippen molar-refractivity contribution in [2.75, 3.05) is 5.32 Å². The average molecular weight is 469 g/mol. The molecule has 2 aromatic heterocycles. The summed E-state index contributed by atoms with van der Waals surface area (Å²) in [5.74, 6) is 0.801. The van der Waals surface area contributed by atoms with Crippen molar-refractivity contribution in [3.8, 4) is 11.5 Å². The first-order valence-corrected chi connectivity index (χ1v) is 11.7. The van der Waals surface area contributed by atoms with Crippen molar-refractivity contribution < 1.29 is 13.9 Å². The molecule has 3 heterocycles. The highest BCUT2D eigenvalue weighted by Crippen LogP contribution is 2.56. The van der Waals surface area contributed by atoms with Crippen molar-refractivity contribution in [1.29, 1.82) is 0 Å². The van der Waals surface area contributed by atoms with Crippen LogP contribution in [0.3, 0.4) is 0 Å². The fourth-order valence-corrected chi connectivity index (χ4v) is 4.70. The second kappa shape index (κ2) is 8.54. The minimum atomic E-state index is -0.672. The molecule has 4 aromatic rings. The highest BCUT2D eigenvalue weighted by atomic mass is 16.5. The van der Waals surface area contributed by atoms with Crippen LogP contribution in [0.2, 0.25) is 0 Å². The predicted octanol–water partition coefficient (Wildman–Crippen LogP) is 4.23. The lowest BCUT2D eigenvalue weighted by Gasteiger charge is -2.15. The third-order valence-electron chi connectivity index (χ3n) is 6.75. The molecule has 6 rings (SSSR count). The number of aromatic nitrogens is 3. The van der Waals surface area contributed by atoms with E-state index >= 15 is 0 Å². The fourth-order valence-electron chi connectivity index (χ4n) is 4.70. The van der Waals surface area contributed by atoms with Gasteiger partial charge in [0, 0.05) is 11.0 Å². The Balaban J connectivity index is 1.20. The molecule has 1 fully saturated rings. The van der Waals surface area contributed by atoms with Crippen LogP contribution in [0.25, 0.3) is 11.5 Å². The summed E-state index contributed by atoms with van der Waals surface area (Å²) >= 11 is 0. The summed E-state index contributed by atoms with van der Waals surface area (Å²) in [6.45, 7) is 0.468. The number of nitrogens with zero attached hydrogens (tertiary/aromatic N) is 3. The van der Waals surface area contributed by atoms with E-state index in [1.807, 2.05) is 60.7 Å². The molecule has 8 nitrogen and oxygen atoms in total. The van der Waals surface area contributed by atoms with E-state index in [0.717, 1.165) is 24.0 Å². The SMILES string of the molecule is O=C(OCc1ccccc1)C1CC2(CC2)c2ncc(NCc3coc(-c4ccccc4)n3)c(=O)n21. The Morgan fingerprint density at radius 2 is 1.86 bits per heavy atom. The molecule has 1 aliphatic heterocycles. The minimum Gasteiger partial charge on any atom is -0.459 e. The molecular formula is C27H24N4O4. The maximum Gasteiger partial charge on any atom is 0.329 e. The first-order chi connectivity index (χ1) is 17.1. The Kier molecular flexibility index (Phi) is 5.21. The van der Waals surface area contributed by atoms with Gasteiger partial charge in [-0.1, -0.05) is 48.5 Å². The molecule has 2 aliphatic rings. The molecule has 0 bridgehead atoms. The molecule has 1 unspecified atom stereocenters. The van der Waals surface area contributed by atoms with Gasteiger partial charge in [-0.05, 0) is 37.0 Å². The van der Waals surface area contributed by atoms with Gasteiger partial charge in [-0.3, -0.25) is 9.36 Å². The molecule has 1 N–H and O–H groups in total. The first-order valence-electron chi connectivity index (χ1n) is 11.7. The van der Waals surface area contributed by atoms with Crippen LogP contribution in [0.1, 0.15) is 42.4 Å². The minimum absolute atomic E-state index is 0.175. The fraction of sp³-hybridized carbons (Fsp3) is 0.259. The lowest BCUT2D eigenvalue weighted by atomic mass is 10.0. The summed E-state index contributed by atoms with van der Waals surface area (Å²) in [5.41, 5.74) is 2.30. The van der Waals surface area contributed by atoms with Crippen LogP contribution in [0.4, 0.5) is 5.69 Å². The van der Waals surface area contributed by atoms with Crippen LogP contribution < -0.4 is 10.9 Å². The topological polar surface area (TPSA) is 99.2 Å². The van der Waals surface area contributed by atoms with Gasteiger partial charge in [0.25, 0.3) is 5.56 Å². The molecule has 1 saturated carbocycles. The zero-order valence-corrected chi connectivity index (χ0v) is 19.0. The summed E-state index contributed by atoms with van der Waals surface area (Å²) < 4.78 is 12.7. The Hall–Kier alpha value is -4.20. The zero-order chi connectivity index (χ0) is 23.8. The largest absolute Gasteiger partial charge is 0.459 e. The number of ether oxygens (including phenoxy) is 1. The standard InChI is InChI=1S/C27H24N4O4/c32-24-21(28-14-20-17-34-23(30-20)19-9-5-2-6-10-19)15-29-26-27(11-12-27)13-22(31(24)26)25(33)35-16-18-7-3-1-4-8-18/h1-10,15,17,22,28H,11-14,16H2. The molecule has 8 heteroatoms. The maximum absolute atomic E-state index is 13.4. The van der Waals surface area contributed by atoms with E-state index < -0.39 is 12.0 Å². The van der Waals surface area contributed by atoms with Crippen molar-refractivity contribution in [2.45, 2.75) is 43.9 Å². The monoisotopic (exact) mass is 468 g/mol. The number of hydrogen-bond donors (Lipinski definition) is 1. The maximum atomic E-state index is 13.4. The Bertz CT molecular complexity index is 1420. The number of hydrogen-bond acceptors (Lipinski definition) is 7. The van der Waals surface area contributed by atoms with Crippen LogP contribution >= 0.6 is 0 Å². The van der Waals surface area contributed by atoms with Gasteiger partial charge in [-0.2, -0.15) is 0 Å². The van der Waals surface area contributed by atoms with Gasteiger partial charge in [-0.15, -0.1) is 0 Å². The number of carbonyl (C=O) groups excluding carboxylic acids is 1. The van der Waals surface area contributed by atoms with Crippen LogP contribution in [0, 0.1) is 0 Å². The van der Waals surface area contributed by atoms with Crippen LogP contribution in [0.15, 0.2) is 82.3 Å². The number of rotatable bonds is 7. The third kappa shape index (κ3) is 4.01. The number of fused-ring (bicyclic) bond motifs is 2. The molecular weight excluding hydrogens is 444 g/mol. The van der Waals surface area contributed by atoms with Crippen LogP contribution in [-0.2, 0) is 28.1 Å². The molecule has 0 amide bonds. The van der Waals surface area contributed by atoms with Crippen molar-refractivity contribution in [3.63, 3.8) is 0 Å². The third-order valence-corrected chi connectivity index (χ3v) is 6.75. The van der Waals surface area contributed by atoms with Gasteiger partial charge in [0.15, 0.2) is 0 Å². The number of anilines is 1. The lowest BCUT2D eigenvalue weighted by Crippen LogP contribution is -2.31. The number of esters is 1. The zero-order valence-electron chi connectivity index (χ0n) is 19.0. The Morgan fingerprint density at radius 1 is 1.11 bits per heavy atom. The number of benzene rings is 2. The van der Waals surface area contributed by atoms with E-state index in [4.69, 9.17) is 9.15 Å². The summed E-state index contributed by atoms with van der Waals surface area (Å²) in [6, 6.07) is 18.5. The van der Waals surface area contributed by atoms with Gasteiger partial charge < -0.3 is 14.5 Å². The summed E-state index contributed by atoms with van der Waals surface area (Å²) in [4.78, 5) is 35.5. The first kappa shape index (κ1) is 21.3. The summed E-state index contributed by atoms with van der Waals surface area (Å²) in [5, 5.41) is 3.12. The second-order valence-electron chi connectivity index (χ2n) is 9.13. The number of nitrogens with one attached hydrogen (secondary N) is 1. The van der Waals surface area contributed by atoms with Gasteiger partial charge in [-0.25, -0.2) is 14.8 Å². The highest BCUT2D eigenvalue weighted by Gasteiger charge is 2.56. The van der Waals surface area contributed by atoms with Gasteiger partial charge in [0.1, 0.15) is 30.4 Å². The molecule has 1 spiro atoms. The molecule has 35 heavy (non-hydrogen) atoms. The molecule has 1 aliphatic carbocycles. The van der Waals surface area contributed by atoms with E-state index in [1.54, 1.807) is 12.5 Å². The molecule has 0 saturated heterocycles. The smallest absolute Gasteiger partial charge is 0.329 e. The predicted molar refractivity (Wildman–Crippen MR) is 129 cm³/mol. The van der Waals surface area contributed by atoms with Gasteiger partial charge in [0.2, 0.25) is 5.89 Å². The van der Waals surface area contributed by atoms with E-state index in [9.17, 15) is 9.59 Å². The van der Waals surface area contributed by atoms with E-state index in [2.05, 4.69) is 15.3 Å². The average Bonchev–Trinajstić information content (AvgIpc) is 3.38. The molecule has 1 atom stereocenters. The van der Waals surface area contributed by atoms with Crippen LogP contribution in [0.5, 0.6) is 0 Å². The lowest BCUT2D eigenvalue weighted by molar-refractivity contribution is -0.149. The normalized spacial score (nSPS) is 17.2. The highest BCUT2D eigenvalue weighted by molar-refractivity contribution is 5.76. The molecule has 2 aromatic carbocycles. The number of oxazole rings is 1. The van der Waals surface area contributed by atoms with Gasteiger partial charge in [0.05, 0.1) is 18.4 Å². The molecule has 176 valence electrons. The van der Waals surface area contributed by atoms with Crippen molar-refractivity contribution in [3.05, 3.63) is 101 Å². The van der Waals surface area contributed by atoms with Crippen molar-refractivity contribution in [1.82, 2.24) is 14.5 Å². The number of carbonyl (C=O) groups is 1. The quantitative estimate of drug-likeness (QED) is 0.405. The second-order valence-corrected chi connectivity index (χ2v) is 9.13. The van der Waals surface area contributed by atoms with E-state index in [1.165, 1.54) is 4.57 Å². The van der Waals surface area contributed by atoms with Crippen LogP contribution in [-0.4, -0.2) is 20.5 Å². The van der Waals surface area contributed by atoms with E-state index in [-0.39, 0.29) is 17.6 Å². The van der Waals surface area contributed by atoms with E-state index in [0.29, 0.717) is 36.1 Å². The Morgan fingerprint density at radius 3 is 2.60 bits per heavy atom. The van der Waals surface area contributed by atoms with Crippen molar-refractivity contribution in [2.24, 2.45) is 0 Å².